The van der Waals surface area contributed by atoms with Gasteiger partial charge < -0.3 is 14.8 Å². The van der Waals surface area contributed by atoms with E-state index in [2.05, 4.69) is 21.2 Å². The number of carbonyl (C=O) groups excluding carboxylic acids is 1. The predicted molar refractivity (Wildman–Crippen MR) is 123 cm³/mol. The molecule has 168 valence electrons. The van der Waals surface area contributed by atoms with Crippen LogP contribution in [-0.2, 0) is 14.8 Å². The van der Waals surface area contributed by atoms with Gasteiger partial charge in [0, 0.05) is 22.3 Å². The lowest BCUT2D eigenvalue weighted by molar-refractivity contribution is -0.116. The highest BCUT2D eigenvalue weighted by atomic mass is 79.9. The van der Waals surface area contributed by atoms with Crippen molar-refractivity contribution in [1.82, 2.24) is 4.31 Å². The van der Waals surface area contributed by atoms with Crippen molar-refractivity contribution in [2.45, 2.75) is 43.0 Å². The second-order valence-electron chi connectivity index (χ2n) is 7.41. The molecule has 1 aliphatic carbocycles. The van der Waals surface area contributed by atoms with Gasteiger partial charge in [-0.2, -0.15) is 4.31 Å². The Balaban J connectivity index is 1.88. The van der Waals surface area contributed by atoms with Gasteiger partial charge in [0.1, 0.15) is 0 Å². The van der Waals surface area contributed by atoms with Gasteiger partial charge in [-0.15, -0.1) is 0 Å². The van der Waals surface area contributed by atoms with Crippen molar-refractivity contribution in [2.24, 2.45) is 0 Å². The maximum absolute atomic E-state index is 13.6. The summed E-state index contributed by atoms with van der Waals surface area (Å²) in [6, 6.07) is 11.4. The van der Waals surface area contributed by atoms with Gasteiger partial charge in [0.2, 0.25) is 15.9 Å². The molecular weight excluding hydrogens is 484 g/mol. The smallest absolute Gasteiger partial charge is 0.243 e. The van der Waals surface area contributed by atoms with E-state index in [1.807, 2.05) is 12.1 Å². The number of halogens is 1. The monoisotopic (exact) mass is 510 g/mol. The number of sulfonamides is 1. The molecular formula is C22H27BrN2O5S. The zero-order valence-electron chi connectivity index (χ0n) is 17.6. The molecule has 0 unspecified atom stereocenters. The Bertz CT molecular complexity index is 1010. The van der Waals surface area contributed by atoms with Crippen LogP contribution in [0.25, 0.3) is 0 Å². The molecule has 1 N–H and O–H groups in total. The fourth-order valence-corrected chi connectivity index (χ4v) is 5.69. The van der Waals surface area contributed by atoms with Crippen molar-refractivity contribution < 1.29 is 22.7 Å². The summed E-state index contributed by atoms with van der Waals surface area (Å²) >= 11 is 3.36. The summed E-state index contributed by atoms with van der Waals surface area (Å²) in [5, 5.41) is 2.79. The highest BCUT2D eigenvalue weighted by molar-refractivity contribution is 9.10. The summed E-state index contributed by atoms with van der Waals surface area (Å²) in [5.74, 6) is 0.391. The molecule has 0 aliphatic heterocycles. The molecule has 0 radical (unpaired) electrons. The van der Waals surface area contributed by atoms with Crippen LogP contribution in [0, 0.1) is 0 Å². The van der Waals surface area contributed by atoms with E-state index in [0.717, 1.165) is 36.6 Å². The molecule has 0 heterocycles. The number of rotatable bonds is 8. The van der Waals surface area contributed by atoms with Gasteiger partial charge in [0.05, 0.1) is 25.7 Å². The molecule has 0 spiro atoms. The predicted octanol–water partition coefficient (Wildman–Crippen LogP) is 4.43. The van der Waals surface area contributed by atoms with Gasteiger partial charge in [0.15, 0.2) is 11.5 Å². The van der Waals surface area contributed by atoms with Crippen LogP contribution >= 0.6 is 15.9 Å². The number of ether oxygens (including phenoxy) is 2. The normalized spacial score (nSPS) is 15.0. The van der Waals surface area contributed by atoms with Crippen molar-refractivity contribution in [3.63, 3.8) is 0 Å². The van der Waals surface area contributed by atoms with Gasteiger partial charge in [-0.25, -0.2) is 8.42 Å². The lowest BCUT2D eigenvalue weighted by Gasteiger charge is -2.33. The van der Waals surface area contributed by atoms with Crippen LogP contribution < -0.4 is 14.8 Å². The van der Waals surface area contributed by atoms with Crippen molar-refractivity contribution in [2.75, 3.05) is 26.1 Å². The van der Waals surface area contributed by atoms with E-state index in [9.17, 15) is 13.2 Å². The molecule has 7 nitrogen and oxygen atoms in total. The Labute approximate surface area is 191 Å². The molecule has 2 aromatic rings. The average molecular weight is 511 g/mol. The van der Waals surface area contributed by atoms with Crippen LogP contribution in [0.5, 0.6) is 11.5 Å². The molecule has 9 heteroatoms. The van der Waals surface area contributed by atoms with Gasteiger partial charge in [-0.05, 0) is 49.2 Å². The van der Waals surface area contributed by atoms with E-state index in [-0.39, 0.29) is 23.4 Å². The lowest BCUT2D eigenvalue weighted by atomic mass is 9.95. The first-order valence-electron chi connectivity index (χ1n) is 10.1. The number of carbonyl (C=O) groups is 1. The van der Waals surface area contributed by atoms with Gasteiger partial charge in [-0.3, -0.25) is 4.79 Å². The minimum absolute atomic E-state index is 0.0761. The summed E-state index contributed by atoms with van der Waals surface area (Å²) in [4.78, 5) is 12.9. The highest BCUT2D eigenvalue weighted by Gasteiger charge is 2.34. The first-order chi connectivity index (χ1) is 14.8. The first kappa shape index (κ1) is 23.6. The fraction of sp³-hybridized carbons (Fsp3) is 0.409. The summed E-state index contributed by atoms with van der Waals surface area (Å²) in [7, 11) is -0.973. The van der Waals surface area contributed by atoms with E-state index in [1.54, 1.807) is 18.2 Å². The largest absolute Gasteiger partial charge is 0.493 e. The maximum atomic E-state index is 13.6. The molecule has 0 aromatic heterocycles. The minimum Gasteiger partial charge on any atom is -0.493 e. The SMILES string of the molecule is COc1ccc(S(=O)(=O)N(CC(=O)Nc2ccc(Br)cc2)C2CCCCC2)cc1OC. The standard InChI is InChI=1S/C22H27BrN2O5S/c1-29-20-13-12-19(14-21(20)30-2)31(27,28)25(18-6-4-3-5-7-18)15-22(26)24-17-10-8-16(23)9-11-17/h8-14,18H,3-7,15H2,1-2H3,(H,24,26). The van der Waals surface area contributed by atoms with Crippen LogP contribution in [-0.4, -0.2) is 45.4 Å². The number of anilines is 1. The Hall–Kier alpha value is -2.10. The molecule has 31 heavy (non-hydrogen) atoms. The van der Waals surface area contributed by atoms with Crippen LogP contribution in [0.2, 0.25) is 0 Å². The maximum Gasteiger partial charge on any atom is 0.243 e. The average Bonchev–Trinajstić information content (AvgIpc) is 2.79. The molecule has 2 aromatic carbocycles. The second kappa shape index (κ2) is 10.5. The number of benzene rings is 2. The van der Waals surface area contributed by atoms with E-state index in [0.29, 0.717) is 17.2 Å². The number of nitrogens with one attached hydrogen (secondary N) is 1. The van der Waals surface area contributed by atoms with E-state index < -0.39 is 10.0 Å². The first-order valence-corrected chi connectivity index (χ1v) is 12.4. The summed E-state index contributed by atoms with van der Waals surface area (Å²) < 4.78 is 39.9. The summed E-state index contributed by atoms with van der Waals surface area (Å²) in [5.41, 5.74) is 0.611. The third-order valence-corrected chi connectivity index (χ3v) is 7.79. The topological polar surface area (TPSA) is 84.9 Å². The number of hydrogen-bond acceptors (Lipinski definition) is 5. The number of nitrogens with zero attached hydrogens (tertiary/aromatic N) is 1. The zero-order valence-corrected chi connectivity index (χ0v) is 20.0. The third-order valence-electron chi connectivity index (χ3n) is 5.37. The molecule has 0 saturated heterocycles. The Kier molecular flexibility index (Phi) is 7.96. The number of amides is 1. The molecule has 1 aliphatic rings. The van der Waals surface area contributed by atoms with E-state index in [1.165, 1.54) is 30.7 Å². The quantitative estimate of drug-likeness (QED) is 0.567. The van der Waals surface area contributed by atoms with Gasteiger partial charge >= 0.3 is 0 Å². The van der Waals surface area contributed by atoms with Crippen molar-refractivity contribution in [3.05, 3.63) is 46.9 Å². The molecule has 0 bridgehead atoms. The molecule has 0 atom stereocenters. The van der Waals surface area contributed by atoms with Crippen LogP contribution in [0.1, 0.15) is 32.1 Å². The van der Waals surface area contributed by atoms with Crippen LogP contribution in [0.3, 0.4) is 0 Å². The number of hydrogen-bond donors (Lipinski definition) is 1. The molecule has 1 saturated carbocycles. The van der Waals surface area contributed by atoms with Crippen molar-refractivity contribution >= 4 is 37.5 Å². The Morgan fingerprint density at radius 2 is 1.68 bits per heavy atom. The minimum atomic E-state index is -3.92. The van der Waals surface area contributed by atoms with Crippen LogP contribution in [0.4, 0.5) is 5.69 Å². The van der Waals surface area contributed by atoms with Crippen LogP contribution in [0.15, 0.2) is 51.8 Å². The second-order valence-corrected chi connectivity index (χ2v) is 10.2. The van der Waals surface area contributed by atoms with E-state index in [4.69, 9.17) is 9.47 Å². The fourth-order valence-electron chi connectivity index (χ4n) is 3.77. The molecule has 1 fully saturated rings. The molecule has 1 amide bonds. The lowest BCUT2D eigenvalue weighted by Crippen LogP contribution is -2.45. The third kappa shape index (κ3) is 5.78. The highest BCUT2D eigenvalue weighted by Crippen LogP contribution is 2.33. The summed E-state index contributed by atoms with van der Waals surface area (Å²) in [6.07, 6.45) is 4.43. The zero-order chi connectivity index (χ0) is 22.4. The van der Waals surface area contributed by atoms with Gasteiger partial charge in [0.25, 0.3) is 0 Å². The Morgan fingerprint density at radius 3 is 2.29 bits per heavy atom. The Morgan fingerprint density at radius 1 is 1.03 bits per heavy atom. The summed E-state index contributed by atoms with van der Waals surface area (Å²) in [6.45, 7) is -0.253. The van der Waals surface area contributed by atoms with Crippen molar-refractivity contribution in [1.29, 1.82) is 0 Å². The van der Waals surface area contributed by atoms with Crippen molar-refractivity contribution in [3.8, 4) is 11.5 Å². The molecule has 3 rings (SSSR count). The number of methoxy groups -OCH3 is 2. The van der Waals surface area contributed by atoms with Gasteiger partial charge in [-0.1, -0.05) is 35.2 Å². The van der Waals surface area contributed by atoms with E-state index >= 15 is 0 Å².